The second-order valence-electron chi connectivity index (χ2n) is 14.7. The molecule has 14 heteroatoms. The second kappa shape index (κ2) is 15.0. The van der Waals surface area contributed by atoms with Crippen LogP contribution in [0.3, 0.4) is 0 Å². The number of aromatic nitrogens is 2. The molecule has 2 aliphatic carbocycles. The molecule has 12 nitrogen and oxygen atoms in total. The van der Waals surface area contributed by atoms with Gasteiger partial charge in [0.2, 0.25) is 5.88 Å². The zero-order valence-corrected chi connectivity index (χ0v) is 32.3. The van der Waals surface area contributed by atoms with Crippen molar-refractivity contribution in [1.29, 1.82) is 0 Å². The van der Waals surface area contributed by atoms with Gasteiger partial charge in [-0.25, -0.2) is 4.21 Å². The van der Waals surface area contributed by atoms with Crippen molar-refractivity contribution in [2.24, 2.45) is 29.2 Å². The number of hydrogen-bond acceptors (Lipinski definition) is 9. The van der Waals surface area contributed by atoms with Crippen LogP contribution in [0, 0.1) is 29.6 Å². The van der Waals surface area contributed by atoms with E-state index in [2.05, 4.69) is 43.1 Å². The molecule has 0 radical (unpaired) electrons. The molecule has 53 heavy (non-hydrogen) atoms. The van der Waals surface area contributed by atoms with Crippen LogP contribution in [0.2, 0.25) is 5.02 Å². The summed E-state index contributed by atoms with van der Waals surface area (Å²) in [5, 5.41) is 4.86. The maximum Gasteiger partial charge on any atom is 0.286 e. The summed E-state index contributed by atoms with van der Waals surface area (Å²) in [7, 11) is 2.48. The van der Waals surface area contributed by atoms with Crippen LogP contribution in [0.15, 0.2) is 47.0 Å². The van der Waals surface area contributed by atoms with Crippen molar-refractivity contribution in [2.45, 2.75) is 56.7 Å². The van der Waals surface area contributed by atoms with Gasteiger partial charge in [-0.3, -0.25) is 19.0 Å². The van der Waals surface area contributed by atoms with Gasteiger partial charge in [-0.1, -0.05) is 36.4 Å². The Balaban J connectivity index is 1.33. The molecule has 7 rings (SSSR count). The summed E-state index contributed by atoms with van der Waals surface area (Å²) in [6.07, 6.45) is 5.29. The van der Waals surface area contributed by atoms with E-state index in [9.17, 15) is 13.8 Å². The summed E-state index contributed by atoms with van der Waals surface area (Å²) >= 11 is 6.46. The third kappa shape index (κ3) is 7.39. The lowest BCUT2D eigenvalue weighted by Gasteiger charge is -2.45. The summed E-state index contributed by atoms with van der Waals surface area (Å²) in [5.41, 5.74) is 3.23. The number of carbonyl (C=O) groups excluding carboxylic acids is 2. The number of benzene rings is 2. The van der Waals surface area contributed by atoms with E-state index in [1.54, 1.807) is 39.3 Å². The lowest BCUT2D eigenvalue weighted by atomic mass is 9.68. The number of ether oxygens (including phenoxy) is 4. The molecular weight excluding hydrogens is 718 g/mol. The van der Waals surface area contributed by atoms with Crippen molar-refractivity contribution < 1.29 is 32.7 Å². The lowest BCUT2D eigenvalue weighted by Crippen LogP contribution is -2.49. The second-order valence-corrected chi connectivity index (χ2v) is 17.2. The molecule has 3 heterocycles. The number of fused-ring (bicyclic) bond motifs is 4. The van der Waals surface area contributed by atoms with Gasteiger partial charge in [-0.2, -0.15) is 0 Å². The summed E-state index contributed by atoms with van der Waals surface area (Å²) < 4.78 is 46.7. The van der Waals surface area contributed by atoms with E-state index < -0.39 is 33.8 Å². The van der Waals surface area contributed by atoms with Crippen LogP contribution in [0.4, 0.5) is 5.69 Å². The molecule has 1 aromatic heterocycles. The first-order chi connectivity index (χ1) is 25.4. The molecule has 282 valence electrons. The fourth-order valence-corrected chi connectivity index (χ4v) is 10.5. The molecule has 3 aromatic rings. The number of anilines is 1. The highest BCUT2D eigenvalue weighted by Gasteiger charge is 2.44. The number of methoxy groups -OCH3 is 3. The molecule has 2 aliphatic heterocycles. The molecule has 1 spiro atoms. The number of rotatable bonds is 5. The van der Waals surface area contributed by atoms with Crippen LogP contribution in [-0.4, -0.2) is 84.8 Å². The number of aryl methyl sites for hydroxylation is 2. The molecule has 2 aromatic carbocycles. The Bertz CT molecular complexity index is 2100. The normalized spacial score (nSPS) is 29.6. The Labute approximate surface area is 316 Å². The third-order valence-electron chi connectivity index (χ3n) is 11.2. The maximum absolute atomic E-state index is 14.7. The molecule has 1 fully saturated rings. The van der Waals surface area contributed by atoms with Crippen LogP contribution < -0.4 is 19.1 Å². The predicted octanol–water partition coefficient (Wildman–Crippen LogP) is 5.22. The lowest BCUT2D eigenvalue weighted by molar-refractivity contribution is 0.0185. The summed E-state index contributed by atoms with van der Waals surface area (Å²) in [6, 6.07) is 11.4. The Morgan fingerprint density at radius 1 is 1.11 bits per heavy atom. The first kappa shape index (κ1) is 37.2. The average molecular weight is 764 g/mol. The van der Waals surface area contributed by atoms with Crippen LogP contribution in [0.1, 0.15) is 64.4 Å². The monoisotopic (exact) mass is 763 g/mol. The minimum atomic E-state index is -3.75. The largest absolute Gasteiger partial charge is 0.490 e. The van der Waals surface area contributed by atoms with Crippen LogP contribution in [0.5, 0.6) is 11.6 Å². The van der Waals surface area contributed by atoms with Gasteiger partial charge in [0.15, 0.2) is 0 Å². The molecule has 1 N–H and O–H groups in total. The van der Waals surface area contributed by atoms with E-state index in [1.165, 1.54) is 36.2 Å². The van der Waals surface area contributed by atoms with Gasteiger partial charge >= 0.3 is 0 Å². The molecule has 7 atom stereocenters. The van der Waals surface area contributed by atoms with Crippen LogP contribution >= 0.6 is 11.6 Å². The van der Waals surface area contributed by atoms with E-state index in [-0.39, 0.29) is 46.1 Å². The number of hydrogen-bond donors (Lipinski definition) is 1. The number of amides is 2. The molecule has 2 amide bonds. The first-order valence-electron chi connectivity index (χ1n) is 18.0. The fraction of sp³-hybridized carbons (Fsp3) is 0.513. The van der Waals surface area contributed by atoms with Gasteiger partial charge in [0.1, 0.15) is 33.4 Å². The van der Waals surface area contributed by atoms with Crippen molar-refractivity contribution in [1.82, 2.24) is 14.5 Å². The van der Waals surface area contributed by atoms with Gasteiger partial charge in [0, 0.05) is 68.4 Å². The zero-order chi connectivity index (χ0) is 37.5. The molecular formula is C39H46ClN5O7S. The van der Waals surface area contributed by atoms with E-state index >= 15 is 0 Å². The van der Waals surface area contributed by atoms with Crippen molar-refractivity contribution in [3.8, 4) is 23.5 Å². The number of carbonyl (C=O) groups is 2. The predicted molar refractivity (Wildman–Crippen MR) is 202 cm³/mol. The number of halogens is 1. The number of nitrogens with zero attached hydrogens (tertiary/aromatic N) is 4. The third-order valence-corrected chi connectivity index (χ3v) is 13.4. The standard InChI is InChI=1S/C39H46ClN5O7S/c1-24-21-53(48,43-37(47)30-20-44(2)41-38(30)51-5)42-36(46)26-9-13-35-32(18-26)45(19-27-8-11-29(27)34(50-4)15-14-33(24)49-3)22-39(23-52-35)16-6-7-25-17-28(40)10-12-31(25)39/h9-10,12-13,17-18,20,24,27,29,33-34H,6-8,11,16,19,21-23H2,1-5H3,(H,42,43,46,47,48)/t24-,27+,29-,33+,34+,39+,53+/m1/s1. The molecule has 1 saturated carbocycles. The van der Waals surface area contributed by atoms with Gasteiger partial charge in [0.25, 0.3) is 11.8 Å². The topological polar surface area (TPSA) is 134 Å². The Morgan fingerprint density at radius 3 is 2.64 bits per heavy atom. The van der Waals surface area contributed by atoms with Crippen LogP contribution in [0.25, 0.3) is 0 Å². The van der Waals surface area contributed by atoms with Gasteiger partial charge < -0.3 is 23.8 Å². The van der Waals surface area contributed by atoms with Gasteiger partial charge in [-0.15, -0.1) is 9.46 Å². The van der Waals surface area contributed by atoms with Crippen molar-refractivity contribution in [3.05, 3.63) is 69.9 Å². The Hall–Kier alpha value is -4.09. The zero-order valence-electron chi connectivity index (χ0n) is 30.7. The quantitative estimate of drug-likeness (QED) is 0.348. The molecule has 2 bridgehead atoms. The highest BCUT2D eigenvalue weighted by molar-refractivity contribution is 7.92. The molecule has 4 aliphatic rings. The van der Waals surface area contributed by atoms with E-state index in [1.807, 2.05) is 6.07 Å². The van der Waals surface area contributed by atoms with E-state index in [0.717, 1.165) is 42.8 Å². The Morgan fingerprint density at radius 2 is 1.91 bits per heavy atom. The fourth-order valence-electron chi connectivity index (χ4n) is 8.40. The minimum absolute atomic E-state index is 0.0495. The van der Waals surface area contributed by atoms with E-state index in [4.69, 9.17) is 30.5 Å². The Kier molecular flexibility index (Phi) is 10.5. The smallest absolute Gasteiger partial charge is 0.286 e. The SMILES string of the molecule is COc1nn(C)cc1C(=O)N[S@@]1(=O)=NC(=O)c2ccc3c(c2)N(C[C@@H]2CC[C@H]2[C@@H](OC)C#C[C@H](OC)[C@H](C)C1)C[C@@]1(CCCc2cc(Cl)ccc21)CO3. The van der Waals surface area contributed by atoms with Crippen molar-refractivity contribution in [3.63, 3.8) is 0 Å². The van der Waals surface area contributed by atoms with E-state index in [0.29, 0.717) is 25.4 Å². The average Bonchev–Trinajstić information content (AvgIpc) is 3.44. The van der Waals surface area contributed by atoms with Crippen molar-refractivity contribution in [2.75, 3.05) is 51.7 Å². The van der Waals surface area contributed by atoms with Crippen LogP contribution in [-0.2, 0) is 38.3 Å². The summed E-state index contributed by atoms with van der Waals surface area (Å²) in [6.45, 7) is 3.64. The number of nitrogens with one attached hydrogen (secondary N) is 1. The van der Waals surface area contributed by atoms with Gasteiger partial charge in [0.05, 0.1) is 25.2 Å². The molecule has 0 saturated heterocycles. The maximum atomic E-state index is 14.7. The highest BCUT2D eigenvalue weighted by atomic mass is 35.5. The summed E-state index contributed by atoms with van der Waals surface area (Å²) in [5.74, 6) is 5.53. The van der Waals surface area contributed by atoms with Crippen molar-refractivity contribution >= 4 is 39.0 Å². The van der Waals surface area contributed by atoms with Gasteiger partial charge in [-0.05, 0) is 79.5 Å². The summed E-state index contributed by atoms with van der Waals surface area (Å²) in [4.78, 5) is 30.1. The first-order valence-corrected chi connectivity index (χ1v) is 20.1. The highest BCUT2D eigenvalue weighted by Crippen LogP contribution is 2.47. The minimum Gasteiger partial charge on any atom is -0.490 e. The molecule has 0 unspecified atom stereocenters.